The third kappa shape index (κ3) is 5.07. The molecule has 0 bridgehead atoms. The fraction of sp³-hybridized carbons (Fsp3) is 0.158. The molecule has 0 radical (unpaired) electrons. The van der Waals surface area contributed by atoms with Gasteiger partial charge in [0.1, 0.15) is 0 Å². The molecule has 3 aromatic rings. The average molecular weight is 432 g/mol. The highest BCUT2D eigenvalue weighted by molar-refractivity contribution is 7.98. The number of hydrogen-bond acceptors (Lipinski definition) is 8. The Morgan fingerprint density at radius 2 is 1.93 bits per heavy atom. The number of nitrogens with zero attached hydrogens (tertiary/aromatic N) is 3. The van der Waals surface area contributed by atoms with Gasteiger partial charge in [0.2, 0.25) is 11.0 Å². The van der Waals surface area contributed by atoms with Crippen molar-refractivity contribution in [2.45, 2.75) is 17.8 Å². The minimum atomic E-state index is -0.531. The maximum absolute atomic E-state index is 12.5. The molecule has 0 atom stereocenters. The highest BCUT2D eigenvalue weighted by Crippen LogP contribution is 2.24. The van der Waals surface area contributed by atoms with Gasteiger partial charge in [-0.1, -0.05) is 41.6 Å². The molecule has 3 rings (SSSR count). The van der Waals surface area contributed by atoms with E-state index in [0.29, 0.717) is 28.6 Å². The summed E-state index contributed by atoms with van der Waals surface area (Å²) in [5, 5.41) is 11.7. The van der Waals surface area contributed by atoms with Crippen LogP contribution in [0, 0.1) is 0 Å². The van der Waals surface area contributed by atoms with Gasteiger partial charge in [-0.2, -0.15) is 4.68 Å². The Hall–Kier alpha value is -3.04. The summed E-state index contributed by atoms with van der Waals surface area (Å²) in [4.78, 5) is 24.2. The minimum absolute atomic E-state index is 0.0292. The Balaban J connectivity index is 1.71. The van der Waals surface area contributed by atoms with Crippen LogP contribution in [-0.4, -0.2) is 27.4 Å². The van der Waals surface area contributed by atoms with Crippen molar-refractivity contribution in [2.24, 2.45) is 0 Å². The number of ether oxygens (including phenoxy) is 1. The molecular formula is C19H18ClN5O3S. The second-order valence-corrected chi connectivity index (χ2v) is 7.16. The molecule has 0 saturated heterocycles. The molecule has 1 heterocycles. The van der Waals surface area contributed by atoms with Crippen LogP contribution in [0.25, 0.3) is 0 Å². The number of carbonyl (C=O) groups excluding carboxylic acids is 1. The number of esters is 1. The Morgan fingerprint density at radius 1 is 1.21 bits per heavy atom. The van der Waals surface area contributed by atoms with Gasteiger partial charge in [0, 0.05) is 16.5 Å². The molecule has 0 amide bonds. The fourth-order valence-electron chi connectivity index (χ4n) is 2.36. The van der Waals surface area contributed by atoms with E-state index in [4.69, 9.17) is 22.2 Å². The lowest BCUT2D eigenvalue weighted by Gasteiger charge is -2.10. The van der Waals surface area contributed by atoms with E-state index in [0.717, 1.165) is 10.2 Å². The maximum atomic E-state index is 12.5. The summed E-state index contributed by atoms with van der Waals surface area (Å²) in [6, 6.07) is 13.8. The summed E-state index contributed by atoms with van der Waals surface area (Å²) in [6.45, 7) is 2.03. The molecule has 1 aromatic heterocycles. The third-order valence-electron chi connectivity index (χ3n) is 3.84. The first-order chi connectivity index (χ1) is 14.0. The van der Waals surface area contributed by atoms with E-state index < -0.39 is 11.5 Å². The summed E-state index contributed by atoms with van der Waals surface area (Å²) in [5.41, 5.74) is 1.33. The molecule has 8 nitrogen and oxygen atoms in total. The van der Waals surface area contributed by atoms with Crippen LogP contribution < -0.4 is 16.7 Å². The second-order valence-electron chi connectivity index (χ2n) is 5.81. The van der Waals surface area contributed by atoms with Gasteiger partial charge >= 0.3 is 11.5 Å². The Bertz CT molecular complexity index is 1070. The number of nitrogen functional groups attached to an aromatic ring is 1. The lowest BCUT2D eigenvalue weighted by Crippen LogP contribution is -2.32. The Labute approximate surface area is 176 Å². The first-order valence-electron chi connectivity index (χ1n) is 8.64. The lowest BCUT2D eigenvalue weighted by molar-refractivity contribution is 0.0526. The molecule has 0 aliphatic heterocycles. The monoisotopic (exact) mass is 431 g/mol. The second kappa shape index (κ2) is 9.44. The van der Waals surface area contributed by atoms with E-state index in [1.165, 1.54) is 11.8 Å². The van der Waals surface area contributed by atoms with Gasteiger partial charge in [-0.05, 0) is 42.8 Å². The fourth-order valence-corrected chi connectivity index (χ4v) is 3.50. The molecule has 0 aliphatic rings. The molecule has 29 heavy (non-hydrogen) atoms. The van der Waals surface area contributed by atoms with Crippen LogP contribution in [0.3, 0.4) is 0 Å². The van der Waals surface area contributed by atoms with Crippen LogP contribution in [0.4, 0.5) is 11.5 Å². The number of carbonyl (C=O) groups is 1. The van der Waals surface area contributed by atoms with E-state index in [1.807, 2.05) is 18.2 Å². The number of halogens is 1. The van der Waals surface area contributed by atoms with Crippen molar-refractivity contribution in [2.75, 3.05) is 17.8 Å². The molecule has 0 aliphatic carbocycles. The maximum Gasteiger partial charge on any atom is 0.338 e. The van der Waals surface area contributed by atoms with Gasteiger partial charge < -0.3 is 15.9 Å². The predicted octanol–water partition coefficient (Wildman–Crippen LogP) is 3.22. The molecule has 0 saturated carbocycles. The molecular weight excluding hydrogens is 414 g/mol. The van der Waals surface area contributed by atoms with Crippen LogP contribution in [0.2, 0.25) is 5.02 Å². The van der Waals surface area contributed by atoms with Crippen molar-refractivity contribution >= 4 is 40.8 Å². The van der Waals surface area contributed by atoms with Gasteiger partial charge in [0.25, 0.3) is 0 Å². The number of nitrogens with two attached hydrogens (primary N) is 1. The third-order valence-corrected chi connectivity index (χ3v) is 5.20. The van der Waals surface area contributed by atoms with Crippen molar-refractivity contribution in [3.8, 4) is 0 Å². The Kier molecular flexibility index (Phi) is 6.73. The van der Waals surface area contributed by atoms with Gasteiger partial charge in [-0.15, -0.1) is 10.2 Å². The first-order valence-corrected chi connectivity index (χ1v) is 10.0. The molecule has 10 heteroatoms. The molecule has 150 valence electrons. The SMILES string of the molecule is CCOC(=O)c1ccc(Nc2nnc(SCc3ccccc3Cl)n(N)c2=O)cc1. The van der Waals surface area contributed by atoms with E-state index in [1.54, 1.807) is 37.3 Å². The number of hydrogen-bond donors (Lipinski definition) is 2. The lowest BCUT2D eigenvalue weighted by atomic mass is 10.2. The molecule has 0 fully saturated rings. The largest absolute Gasteiger partial charge is 0.462 e. The number of thioether (sulfide) groups is 1. The molecule has 2 aromatic carbocycles. The zero-order valence-electron chi connectivity index (χ0n) is 15.5. The van der Waals surface area contributed by atoms with Crippen LogP contribution >= 0.6 is 23.4 Å². The number of anilines is 2. The Morgan fingerprint density at radius 3 is 2.62 bits per heavy atom. The highest BCUT2D eigenvalue weighted by Gasteiger charge is 2.12. The van der Waals surface area contributed by atoms with Crippen molar-refractivity contribution in [1.29, 1.82) is 0 Å². The number of aromatic nitrogens is 3. The summed E-state index contributed by atoms with van der Waals surface area (Å²) in [5.74, 6) is 5.93. The zero-order valence-corrected chi connectivity index (χ0v) is 17.0. The smallest absolute Gasteiger partial charge is 0.338 e. The zero-order chi connectivity index (χ0) is 20.8. The summed E-state index contributed by atoms with van der Waals surface area (Å²) >= 11 is 7.39. The summed E-state index contributed by atoms with van der Waals surface area (Å²) in [6.07, 6.45) is 0. The standard InChI is InChI=1S/C19H18ClN5O3S/c1-2-28-18(27)12-7-9-14(10-8-12)22-16-17(26)25(21)19(24-23-16)29-11-13-5-3-4-6-15(13)20/h3-10H,2,11,21H2,1H3,(H,22,23). The van der Waals surface area contributed by atoms with E-state index >= 15 is 0 Å². The van der Waals surface area contributed by atoms with E-state index in [2.05, 4.69) is 15.5 Å². The number of rotatable bonds is 7. The van der Waals surface area contributed by atoms with Crippen molar-refractivity contribution in [3.63, 3.8) is 0 Å². The van der Waals surface area contributed by atoms with Crippen LogP contribution in [0.1, 0.15) is 22.8 Å². The quantitative estimate of drug-likeness (QED) is 0.333. The first kappa shape index (κ1) is 20.7. The van der Waals surface area contributed by atoms with Gasteiger partial charge in [-0.25, -0.2) is 4.79 Å². The normalized spacial score (nSPS) is 10.6. The van der Waals surface area contributed by atoms with E-state index in [-0.39, 0.29) is 11.0 Å². The van der Waals surface area contributed by atoms with Gasteiger partial charge in [-0.3, -0.25) is 4.79 Å². The van der Waals surface area contributed by atoms with Gasteiger partial charge in [0.05, 0.1) is 12.2 Å². The molecule has 3 N–H and O–H groups in total. The predicted molar refractivity (Wildman–Crippen MR) is 113 cm³/mol. The molecule has 0 unspecified atom stereocenters. The number of nitrogens with one attached hydrogen (secondary N) is 1. The minimum Gasteiger partial charge on any atom is -0.462 e. The van der Waals surface area contributed by atoms with Crippen LogP contribution in [0.5, 0.6) is 0 Å². The highest BCUT2D eigenvalue weighted by atomic mass is 35.5. The summed E-state index contributed by atoms with van der Waals surface area (Å²) < 4.78 is 5.87. The van der Waals surface area contributed by atoms with Crippen molar-refractivity contribution in [1.82, 2.24) is 14.9 Å². The van der Waals surface area contributed by atoms with E-state index in [9.17, 15) is 9.59 Å². The van der Waals surface area contributed by atoms with Crippen LogP contribution in [0.15, 0.2) is 58.5 Å². The number of benzene rings is 2. The van der Waals surface area contributed by atoms with Crippen LogP contribution in [-0.2, 0) is 10.5 Å². The average Bonchev–Trinajstić information content (AvgIpc) is 2.73. The van der Waals surface area contributed by atoms with Gasteiger partial charge in [0.15, 0.2) is 0 Å². The topological polar surface area (TPSA) is 112 Å². The van der Waals surface area contributed by atoms with Crippen molar-refractivity contribution < 1.29 is 9.53 Å². The van der Waals surface area contributed by atoms with Crippen molar-refractivity contribution in [3.05, 3.63) is 75.0 Å². The molecule has 0 spiro atoms. The summed E-state index contributed by atoms with van der Waals surface area (Å²) in [7, 11) is 0.